The third kappa shape index (κ3) is 7.10. The number of hydrogen-bond donors (Lipinski definition) is 0. The van der Waals surface area contributed by atoms with Crippen molar-refractivity contribution in [3.63, 3.8) is 0 Å². The van der Waals surface area contributed by atoms with Crippen LogP contribution in [0.3, 0.4) is 0 Å². The van der Waals surface area contributed by atoms with Crippen molar-refractivity contribution >= 4 is 57.2 Å². The number of anilines is 6. The van der Waals surface area contributed by atoms with Crippen molar-refractivity contribution in [1.82, 2.24) is 0 Å². The molecule has 2 heterocycles. The first kappa shape index (κ1) is 30.3. The molecule has 0 aromatic heterocycles. The fourth-order valence-corrected chi connectivity index (χ4v) is 8.96. The van der Waals surface area contributed by atoms with E-state index in [9.17, 15) is 5.48 Å². The summed E-state index contributed by atoms with van der Waals surface area (Å²) in [6, 6.07) is 27.9. The lowest BCUT2D eigenvalue weighted by molar-refractivity contribution is 0.590. The van der Waals surface area contributed by atoms with Gasteiger partial charge in [-0.1, -0.05) is 186 Å². The summed E-state index contributed by atoms with van der Waals surface area (Å²) < 4.78 is 89.7. The standard InChI is InChI=1S/C58H61BN2/c1-55(2,3)40-26-30-48(44(34-40)38-20-15-13-16-21-38)60-50-32-28-42(57(7,8)9)36-46(50)59-47-37-43(58(10,11)12)29-33-51(47)61(53-25-19-24-52(60)54(53)59)49-31-27-41(56(4,5)6)35-45(49)39-22-17-14-18-23-39/h13-37H,1-12H3/i13D,14D,15D,16D,17D,18D,20D,21D,22D,23D. The SMILES string of the molecule is [2H]c1c([2H])c([2H])c(-c2cc(C(C)(C)C)ccc2N2c3ccc(C(C)(C)C)cc3B3c4cc(C(C)(C)C)ccc4N(c4ccc(C(C)(C)C)cc4-c4c([2H])c([2H])c([2H])c([2H])c4[2H])c4cccc2c43)c([2H])c1[2H]. The normalized spacial score (nSPS) is 16.1. The Hall–Kier alpha value is -5.80. The number of benzene rings is 7. The predicted molar refractivity (Wildman–Crippen MR) is 266 cm³/mol. The molecular weight excluding hydrogens is 735 g/mol. The number of hydrogen-bond acceptors (Lipinski definition) is 2. The number of nitrogens with zero attached hydrogens (tertiary/aromatic N) is 2. The number of fused-ring (bicyclic) bond motifs is 4. The molecule has 7 aromatic rings. The maximum absolute atomic E-state index is 9.33. The molecular formula is C58H61BN2. The zero-order chi connectivity index (χ0) is 51.9. The Kier molecular flexibility index (Phi) is 7.15. The van der Waals surface area contributed by atoms with Crippen LogP contribution in [-0.4, -0.2) is 6.71 Å². The van der Waals surface area contributed by atoms with Gasteiger partial charge in [-0.15, -0.1) is 0 Å². The first-order valence-corrected chi connectivity index (χ1v) is 21.4. The van der Waals surface area contributed by atoms with Crippen LogP contribution in [0.15, 0.2) is 151 Å². The van der Waals surface area contributed by atoms with Crippen LogP contribution in [0.25, 0.3) is 22.3 Å². The lowest BCUT2D eigenvalue weighted by Gasteiger charge is -2.45. The summed E-state index contributed by atoms with van der Waals surface area (Å²) in [6.07, 6.45) is 0. The van der Waals surface area contributed by atoms with Crippen molar-refractivity contribution in [1.29, 1.82) is 0 Å². The van der Waals surface area contributed by atoms with Crippen molar-refractivity contribution < 1.29 is 13.7 Å². The van der Waals surface area contributed by atoms with Crippen LogP contribution in [0.1, 0.15) is 119 Å². The van der Waals surface area contributed by atoms with Gasteiger partial charge in [-0.25, -0.2) is 0 Å². The van der Waals surface area contributed by atoms with E-state index in [1.54, 1.807) is 0 Å². The number of rotatable bonds is 4. The molecule has 9 rings (SSSR count). The Morgan fingerprint density at radius 3 is 1.05 bits per heavy atom. The van der Waals surface area contributed by atoms with E-state index in [0.29, 0.717) is 22.5 Å². The predicted octanol–water partition coefficient (Wildman–Crippen LogP) is 14.3. The Labute approximate surface area is 380 Å². The third-order valence-corrected chi connectivity index (χ3v) is 12.5. The highest BCUT2D eigenvalue weighted by atomic mass is 15.2. The smallest absolute Gasteiger partial charge is 0.252 e. The highest BCUT2D eigenvalue weighted by Gasteiger charge is 2.45. The topological polar surface area (TPSA) is 6.48 Å². The zero-order valence-electron chi connectivity index (χ0n) is 47.6. The first-order chi connectivity index (χ1) is 32.9. The van der Waals surface area contributed by atoms with Crippen molar-refractivity contribution in [3.05, 3.63) is 174 Å². The van der Waals surface area contributed by atoms with Gasteiger partial charge < -0.3 is 9.80 Å². The van der Waals surface area contributed by atoms with Crippen LogP contribution >= 0.6 is 0 Å². The van der Waals surface area contributed by atoms with Gasteiger partial charge in [0.25, 0.3) is 6.71 Å². The molecule has 0 atom stereocenters. The fraction of sp³-hybridized carbons (Fsp3) is 0.276. The highest BCUT2D eigenvalue weighted by molar-refractivity contribution is 7.00. The molecule has 7 aromatic carbocycles. The second kappa shape index (κ2) is 14.4. The molecule has 0 spiro atoms. The van der Waals surface area contributed by atoms with Gasteiger partial charge in [-0.05, 0) is 120 Å². The van der Waals surface area contributed by atoms with Crippen LogP contribution in [0.2, 0.25) is 0 Å². The van der Waals surface area contributed by atoms with Gasteiger partial charge in [-0.2, -0.15) is 0 Å². The van der Waals surface area contributed by atoms with Gasteiger partial charge in [0.15, 0.2) is 0 Å². The van der Waals surface area contributed by atoms with Gasteiger partial charge in [0, 0.05) is 33.9 Å². The van der Waals surface area contributed by atoms with Crippen molar-refractivity contribution in [2.45, 2.75) is 105 Å². The average molecular weight is 807 g/mol. The molecule has 61 heavy (non-hydrogen) atoms. The third-order valence-electron chi connectivity index (χ3n) is 12.5. The van der Waals surface area contributed by atoms with Gasteiger partial charge in [-0.3, -0.25) is 0 Å². The molecule has 306 valence electrons. The minimum atomic E-state index is -0.456. The van der Waals surface area contributed by atoms with Crippen molar-refractivity contribution in [2.75, 3.05) is 9.80 Å². The molecule has 0 unspecified atom stereocenters. The van der Waals surface area contributed by atoms with Gasteiger partial charge in [0.2, 0.25) is 0 Å². The Balaban J connectivity index is 1.45. The highest BCUT2D eigenvalue weighted by Crippen LogP contribution is 2.49. The van der Waals surface area contributed by atoms with Crippen molar-refractivity contribution in [2.24, 2.45) is 0 Å². The molecule has 3 heteroatoms. The maximum Gasteiger partial charge on any atom is 0.252 e. The van der Waals surface area contributed by atoms with Crippen LogP contribution in [0.5, 0.6) is 0 Å². The van der Waals surface area contributed by atoms with Gasteiger partial charge in [0.05, 0.1) is 25.1 Å². The lowest BCUT2D eigenvalue weighted by atomic mass is 9.33. The first-order valence-electron chi connectivity index (χ1n) is 26.4. The lowest BCUT2D eigenvalue weighted by Crippen LogP contribution is -2.61. The summed E-state index contributed by atoms with van der Waals surface area (Å²) >= 11 is 0. The Morgan fingerprint density at radius 2 is 0.705 bits per heavy atom. The molecule has 0 saturated carbocycles. The van der Waals surface area contributed by atoms with E-state index in [-0.39, 0.29) is 63.7 Å². The summed E-state index contributed by atoms with van der Waals surface area (Å²) in [7, 11) is 0. The molecule has 0 saturated heterocycles. The van der Waals surface area contributed by atoms with Crippen LogP contribution in [0.4, 0.5) is 34.1 Å². The molecule has 2 aliphatic rings. The van der Waals surface area contributed by atoms with Gasteiger partial charge in [0.1, 0.15) is 0 Å². The second-order valence-electron chi connectivity index (χ2n) is 20.8. The molecule has 0 bridgehead atoms. The summed E-state index contributed by atoms with van der Waals surface area (Å²) in [5, 5.41) is 0. The van der Waals surface area contributed by atoms with E-state index < -0.39 is 36.3 Å². The van der Waals surface area contributed by atoms with E-state index in [1.165, 1.54) is 0 Å². The molecule has 2 aliphatic heterocycles. The Morgan fingerprint density at radius 1 is 0.377 bits per heavy atom. The minimum absolute atomic E-state index is 0.112. The maximum atomic E-state index is 9.33. The molecule has 2 nitrogen and oxygen atoms in total. The van der Waals surface area contributed by atoms with Crippen LogP contribution in [-0.2, 0) is 21.7 Å². The molecule has 0 radical (unpaired) electrons. The fourth-order valence-electron chi connectivity index (χ4n) is 8.96. The van der Waals surface area contributed by atoms with E-state index in [0.717, 1.165) is 61.4 Å². The minimum Gasteiger partial charge on any atom is -0.311 e. The van der Waals surface area contributed by atoms with Gasteiger partial charge >= 0.3 is 0 Å². The quantitative estimate of drug-likeness (QED) is 0.164. The monoisotopic (exact) mass is 807 g/mol. The molecule has 0 amide bonds. The van der Waals surface area contributed by atoms with E-state index >= 15 is 0 Å². The summed E-state index contributed by atoms with van der Waals surface area (Å²) in [5.41, 5.74) is 11.9. The average Bonchev–Trinajstić information content (AvgIpc) is 3.30. The van der Waals surface area contributed by atoms with E-state index in [2.05, 4.69) is 154 Å². The largest absolute Gasteiger partial charge is 0.311 e. The molecule has 0 fully saturated rings. The molecule has 0 N–H and O–H groups in total. The summed E-state index contributed by atoms with van der Waals surface area (Å²) in [4.78, 5) is 4.38. The molecule has 0 aliphatic carbocycles. The second-order valence-corrected chi connectivity index (χ2v) is 20.8. The summed E-state index contributed by atoms with van der Waals surface area (Å²) in [6.45, 7) is 25.5. The zero-order valence-corrected chi connectivity index (χ0v) is 37.6. The van der Waals surface area contributed by atoms with Crippen LogP contribution in [0, 0.1) is 0 Å². The van der Waals surface area contributed by atoms with Crippen LogP contribution < -0.4 is 26.2 Å². The Bertz CT molecular complexity index is 3110. The van der Waals surface area contributed by atoms with Crippen molar-refractivity contribution in [3.8, 4) is 22.3 Å². The van der Waals surface area contributed by atoms with E-state index in [4.69, 9.17) is 8.22 Å². The summed E-state index contributed by atoms with van der Waals surface area (Å²) in [5.74, 6) is 0. The van der Waals surface area contributed by atoms with E-state index in [1.807, 2.05) is 30.3 Å².